The zero-order valence-electron chi connectivity index (χ0n) is 12.3. The number of amides is 1. The Bertz CT molecular complexity index is 916. The maximum absolute atomic E-state index is 12.3. The van der Waals surface area contributed by atoms with Crippen molar-refractivity contribution in [3.05, 3.63) is 72.7 Å². The van der Waals surface area contributed by atoms with Crippen LogP contribution in [0, 0.1) is 21.4 Å². The van der Waals surface area contributed by atoms with Crippen LogP contribution in [0.25, 0.3) is 6.08 Å². The van der Waals surface area contributed by atoms with Gasteiger partial charge in [0.2, 0.25) is 0 Å². The standard InChI is InChI=1S/C16H8Cl3N3O3/c17-12-2-1-3-13(18)11(12)6-9(8-20)16(23)21-15-5-4-10(22(24)25)7-14(15)19/h1-7H,(H,21,23)/b9-6+. The summed E-state index contributed by atoms with van der Waals surface area (Å²) in [6, 6.07) is 10.1. The smallest absolute Gasteiger partial charge is 0.271 e. The van der Waals surface area contributed by atoms with Gasteiger partial charge in [0.15, 0.2) is 0 Å². The summed E-state index contributed by atoms with van der Waals surface area (Å²) in [5, 5.41) is 22.8. The highest BCUT2D eigenvalue weighted by Gasteiger charge is 2.15. The number of carbonyl (C=O) groups is 1. The van der Waals surface area contributed by atoms with Crippen molar-refractivity contribution in [1.29, 1.82) is 5.26 Å². The highest BCUT2D eigenvalue weighted by molar-refractivity contribution is 6.37. The number of nitrogens with one attached hydrogen (secondary N) is 1. The maximum Gasteiger partial charge on any atom is 0.271 e. The largest absolute Gasteiger partial charge is 0.320 e. The minimum Gasteiger partial charge on any atom is -0.320 e. The molecular formula is C16H8Cl3N3O3. The fraction of sp³-hybridized carbons (Fsp3) is 0. The highest BCUT2D eigenvalue weighted by atomic mass is 35.5. The van der Waals surface area contributed by atoms with Crippen LogP contribution in [0.3, 0.4) is 0 Å². The number of non-ortho nitro benzene ring substituents is 1. The van der Waals surface area contributed by atoms with Gasteiger partial charge in [-0.3, -0.25) is 14.9 Å². The number of nitro groups is 1. The summed E-state index contributed by atoms with van der Waals surface area (Å²) < 4.78 is 0. The van der Waals surface area contributed by atoms with Crippen molar-refractivity contribution in [2.24, 2.45) is 0 Å². The lowest BCUT2D eigenvalue weighted by Gasteiger charge is -2.07. The van der Waals surface area contributed by atoms with E-state index in [4.69, 9.17) is 34.8 Å². The summed E-state index contributed by atoms with van der Waals surface area (Å²) in [4.78, 5) is 22.3. The Kier molecular flexibility index (Phi) is 5.99. The lowest BCUT2D eigenvalue weighted by atomic mass is 10.1. The van der Waals surface area contributed by atoms with Gasteiger partial charge in [0.05, 0.1) is 15.6 Å². The van der Waals surface area contributed by atoms with Crippen molar-refractivity contribution in [2.45, 2.75) is 0 Å². The van der Waals surface area contributed by atoms with Crippen LogP contribution in [0.15, 0.2) is 42.0 Å². The van der Waals surface area contributed by atoms with Crippen molar-refractivity contribution < 1.29 is 9.72 Å². The molecule has 0 aliphatic carbocycles. The van der Waals surface area contributed by atoms with Gasteiger partial charge in [-0.25, -0.2) is 0 Å². The number of benzene rings is 2. The van der Waals surface area contributed by atoms with E-state index in [1.54, 1.807) is 24.3 Å². The number of hydrogen-bond acceptors (Lipinski definition) is 4. The average molecular weight is 397 g/mol. The number of carbonyl (C=O) groups excluding carboxylic acids is 1. The summed E-state index contributed by atoms with van der Waals surface area (Å²) in [6.07, 6.45) is 1.25. The fourth-order valence-electron chi connectivity index (χ4n) is 1.85. The molecule has 2 aromatic carbocycles. The Balaban J connectivity index is 2.31. The van der Waals surface area contributed by atoms with E-state index in [2.05, 4.69) is 5.32 Å². The molecule has 0 aliphatic rings. The van der Waals surface area contributed by atoms with Crippen LogP contribution in [0.4, 0.5) is 11.4 Å². The molecule has 0 aliphatic heterocycles. The van der Waals surface area contributed by atoms with Gasteiger partial charge in [0.25, 0.3) is 11.6 Å². The number of nitrogens with zero attached hydrogens (tertiary/aromatic N) is 2. The van der Waals surface area contributed by atoms with E-state index in [0.29, 0.717) is 5.56 Å². The number of hydrogen-bond donors (Lipinski definition) is 1. The first-order valence-electron chi connectivity index (χ1n) is 6.64. The Morgan fingerprint density at radius 2 is 1.80 bits per heavy atom. The van der Waals surface area contributed by atoms with E-state index in [0.717, 1.165) is 6.07 Å². The summed E-state index contributed by atoms with van der Waals surface area (Å²) in [7, 11) is 0. The first kappa shape index (κ1) is 18.7. The maximum atomic E-state index is 12.3. The molecule has 0 bridgehead atoms. The minimum absolute atomic E-state index is 0.0318. The molecule has 0 unspecified atom stereocenters. The van der Waals surface area contributed by atoms with Crippen LogP contribution in [0.2, 0.25) is 15.1 Å². The molecule has 0 spiro atoms. The lowest BCUT2D eigenvalue weighted by Crippen LogP contribution is -2.13. The summed E-state index contributed by atoms with van der Waals surface area (Å²) in [5.74, 6) is -0.755. The second kappa shape index (κ2) is 7.99. The topological polar surface area (TPSA) is 96.0 Å². The number of nitro benzene ring substituents is 1. The molecule has 1 amide bonds. The quantitative estimate of drug-likeness (QED) is 0.336. The number of halogens is 3. The summed E-state index contributed by atoms with van der Waals surface area (Å²) in [5.41, 5.74) is -0.0256. The van der Waals surface area contributed by atoms with Crippen molar-refractivity contribution in [3.8, 4) is 6.07 Å². The second-order valence-corrected chi connectivity index (χ2v) is 5.90. The van der Waals surface area contributed by atoms with E-state index < -0.39 is 10.8 Å². The predicted octanol–water partition coefficient (Wildman–Crippen LogP) is 5.10. The molecule has 1 N–H and O–H groups in total. The molecule has 0 saturated heterocycles. The third-order valence-corrected chi connectivity index (χ3v) is 4.04. The molecular weight excluding hydrogens is 389 g/mol. The van der Waals surface area contributed by atoms with Crippen LogP contribution in [-0.4, -0.2) is 10.8 Å². The fourth-order valence-corrected chi connectivity index (χ4v) is 2.58. The van der Waals surface area contributed by atoms with E-state index in [1.165, 1.54) is 18.2 Å². The Morgan fingerprint density at radius 3 is 2.32 bits per heavy atom. The van der Waals surface area contributed by atoms with Crippen molar-refractivity contribution >= 4 is 58.2 Å². The molecule has 0 aromatic heterocycles. The molecule has 2 aromatic rings. The van der Waals surface area contributed by atoms with E-state index in [1.807, 2.05) is 0 Å². The minimum atomic E-state index is -0.755. The van der Waals surface area contributed by atoms with Gasteiger partial charge in [-0.05, 0) is 24.3 Å². The highest BCUT2D eigenvalue weighted by Crippen LogP contribution is 2.29. The third-order valence-electron chi connectivity index (χ3n) is 3.07. The van der Waals surface area contributed by atoms with Gasteiger partial charge in [-0.2, -0.15) is 5.26 Å². The van der Waals surface area contributed by atoms with Gasteiger partial charge in [-0.15, -0.1) is 0 Å². The molecule has 25 heavy (non-hydrogen) atoms. The van der Waals surface area contributed by atoms with Crippen LogP contribution >= 0.6 is 34.8 Å². The van der Waals surface area contributed by atoms with E-state index >= 15 is 0 Å². The average Bonchev–Trinajstić information content (AvgIpc) is 2.56. The van der Waals surface area contributed by atoms with Crippen LogP contribution in [0.1, 0.15) is 5.56 Å². The third kappa shape index (κ3) is 4.48. The van der Waals surface area contributed by atoms with Crippen LogP contribution in [-0.2, 0) is 4.79 Å². The molecule has 6 nitrogen and oxygen atoms in total. The molecule has 0 radical (unpaired) electrons. The predicted molar refractivity (Wildman–Crippen MR) is 96.8 cm³/mol. The van der Waals surface area contributed by atoms with Gasteiger partial charge >= 0.3 is 0 Å². The molecule has 0 heterocycles. The SMILES string of the molecule is N#C/C(=C\c1c(Cl)cccc1Cl)C(=O)Nc1ccc([N+](=O)[O-])cc1Cl. The van der Waals surface area contributed by atoms with Crippen LogP contribution < -0.4 is 5.32 Å². The summed E-state index contributed by atoms with van der Waals surface area (Å²) in [6.45, 7) is 0. The van der Waals surface area contributed by atoms with Crippen molar-refractivity contribution in [3.63, 3.8) is 0 Å². The van der Waals surface area contributed by atoms with Crippen LogP contribution in [0.5, 0.6) is 0 Å². The van der Waals surface area contributed by atoms with Gasteiger partial charge in [0.1, 0.15) is 11.6 Å². The van der Waals surface area contributed by atoms with Crippen molar-refractivity contribution in [1.82, 2.24) is 0 Å². The molecule has 0 atom stereocenters. The van der Waals surface area contributed by atoms with Crippen molar-refractivity contribution in [2.75, 3.05) is 5.32 Å². The molecule has 126 valence electrons. The van der Waals surface area contributed by atoms with E-state index in [9.17, 15) is 20.2 Å². The molecule has 9 heteroatoms. The number of rotatable bonds is 4. The normalized spacial score (nSPS) is 10.9. The molecule has 2 rings (SSSR count). The van der Waals surface area contributed by atoms with Gasteiger partial charge in [0, 0.05) is 27.7 Å². The van der Waals surface area contributed by atoms with E-state index in [-0.39, 0.29) is 32.0 Å². The molecule has 0 saturated carbocycles. The number of anilines is 1. The Hall–Kier alpha value is -2.59. The first-order valence-corrected chi connectivity index (χ1v) is 7.78. The lowest BCUT2D eigenvalue weighted by molar-refractivity contribution is -0.384. The zero-order valence-corrected chi connectivity index (χ0v) is 14.6. The first-order chi connectivity index (χ1) is 11.8. The second-order valence-electron chi connectivity index (χ2n) is 4.68. The number of nitriles is 1. The monoisotopic (exact) mass is 395 g/mol. The van der Waals surface area contributed by atoms with Gasteiger partial charge < -0.3 is 5.32 Å². The Morgan fingerprint density at radius 1 is 1.16 bits per heavy atom. The Labute approximate surface area is 157 Å². The molecule has 0 fully saturated rings. The zero-order chi connectivity index (χ0) is 18.6. The van der Waals surface area contributed by atoms with Gasteiger partial charge in [-0.1, -0.05) is 40.9 Å². The summed E-state index contributed by atoms with van der Waals surface area (Å²) >= 11 is 17.9.